The van der Waals surface area contributed by atoms with Crippen LogP contribution in [0.4, 0.5) is 9.18 Å². The molecule has 0 spiro atoms. The molecule has 1 aliphatic rings. The molecule has 1 heterocycles. The van der Waals surface area contributed by atoms with Crippen LogP contribution in [-0.4, -0.2) is 44.3 Å². The molecule has 5 heteroatoms. The van der Waals surface area contributed by atoms with Gasteiger partial charge in [0.15, 0.2) is 0 Å². The Morgan fingerprint density at radius 1 is 1.47 bits per heavy atom. The van der Waals surface area contributed by atoms with E-state index in [2.05, 4.69) is 5.32 Å². The largest absolute Gasteiger partial charge is 0.383 e. The van der Waals surface area contributed by atoms with Crippen LogP contribution in [0.5, 0.6) is 0 Å². The average molecular weight is 266 g/mol. The molecule has 0 atom stereocenters. The maximum Gasteiger partial charge on any atom is 0.317 e. The Morgan fingerprint density at radius 2 is 2.21 bits per heavy atom. The van der Waals surface area contributed by atoms with Crippen molar-refractivity contribution in [2.24, 2.45) is 5.92 Å². The number of amides is 2. The molecule has 2 rings (SSSR count). The summed E-state index contributed by atoms with van der Waals surface area (Å²) in [5.41, 5.74) is 0.729. The van der Waals surface area contributed by atoms with Crippen LogP contribution in [0.15, 0.2) is 24.3 Å². The van der Waals surface area contributed by atoms with E-state index in [0.717, 1.165) is 5.56 Å². The van der Waals surface area contributed by atoms with Gasteiger partial charge in [0.05, 0.1) is 6.61 Å². The van der Waals surface area contributed by atoms with Crippen LogP contribution in [0.2, 0.25) is 0 Å². The van der Waals surface area contributed by atoms with Crippen LogP contribution >= 0.6 is 0 Å². The summed E-state index contributed by atoms with van der Waals surface area (Å²) in [6, 6.07) is 6.74. The number of benzene rings is 1. The number of hydrogen-bond donors (Lipinski definition) is 1. The number of nitrogens with zero attached hydrogens (tertiary/aromatic N) is 1. The first-order valence-electron chi connectivity index (χ1n) is 6.46. The first-order chi connectivity index (χ1) is 9.20. The van der Waals surface area contributed by atoms with E-state index in [4.69, 9.17) is 4.74 Å². The molecule has 1 aromatic carbocycles. The minimum Gasteiger partial charge on any atom is -0.383 e. The van der Waals surface area contributed by atoms with Crippen molar-refractivity contribution in [2.45, 2.75) is 6.42 Å². The quantitative estimate of drug-likeness (QED) is 0.823. The van der Waals surface area contributed by atoms with Gasteiger partial charge in [-0.25, -0.2) is 9.18 Å². The van der Waals surface area contributed by atoms with Gasteiger partial charge in [0.2, 0.25) is 0 Å². The van der Waals surface area contributed by atoms with Gasteiger partial charge in [-0.1, -0.05) is 18.2 Å². The zero-order valence-electron chi connectivity index (χ0n) is 11.1. The molecule has 19 heavy (non-hydrogen) atoms. The predicted octanol–water partition coefficient (Wildman–Crippen LogP) is 1.66. The fourth-order valence-electron chi connectivity index (χ4n) is 2.21. The second-order valence-corrected chi connectivity index (χ2v) is 4.79. The standard InChI is InChI=1S/C14H19FN2O2/c1-19-7-6-16-14(18)17-9-11(10-17)8-12-4-2-3-5-13(12)15/h2-5,11H,6-10H2,1H3,(H,16,18). The summed E-state index contributed by atoms with van der Waals surface area (Å²) in [6.07, 6.45) is 0.689. The Morgan fingerprint density at radius 3 is 2.89 bits per heavy atom. The minimum atomic E-state index is -0.162. The summed E-state index contributed by atoms with van der Waals surface area (Å²) in [5, 5.41) is 2.77. The molecule has 104 valence electrons. The zero-order chi connectivity index (χ0) is 13.7. The van der Waals surface area contributed by atoms with Gasteiger partial charge in [-0.2, -0.15) is 0 Å². The van der Waals surface area contributed by atoms with Gasteiger partial charge in [0, 0.05) is 26.7 Å². The third-order valence-electron chi connectivity index (χ3n) is 3.29. The number of nitrogens with one attached hydrogen (secondary N) is 1. The van der Waals surface area contributed by atoms with Crippen molar-refractivity contribution in [1.82, 2.24) is 10.2 Å². The van der Waals surface area contributed by atoms with Gasteiger partial charge in [-0.3, -0.25) is 0 Å². The highest BCUT2D eigenvalue weighted by Gasteiger charge is 2.30. The van der Waals surface area contributed by atoms with Gasteiger partial charge < -0.3 is 15.0 Å². The second kappa shape index (κ2) is 6.52. The molecule has 0 aliphatic carbocycles. The SMILES string of the molecule is COCCNC(=O)N1CC(Cc2ccccc2F)C1. The molecular formula is C14H19FN2O2. The molecule has 1 aliphatic heterocycles. The van der Waals surface area contributed by atoms with Crippen LogP contribution in [0, 0.1) is 11.7 Å². The first kappa shape index (κ1) is 13.8. The van der Waals surface area contributed by atoms with Crippen LogP contribution in [0.1, 0.15) is 5.56 Å². The lowest BCUT2D eigenvalue weighted by Gasteiger charge is -2.39. The third-order valence-corrected chi connectivity index (χ3v) is 3.29. The van der Waals surface area contributed by atoms with Gasteiger partial charge in [0.25, 0.3) is 0 Å². The van der Waals surface area contributed by atoms with Gasteiger partial charge in [-0.15, -0.1) is 0 Å². The molecule has 0 bridgehead atoms. The van der Waals surface area contributed by atoms with Crippen molar-refractivity contribution < 1.29 is 13.9 Å². The number of halogens is 1. The maximum atomic E-state index is 13.5. The van der Waals surface area contributed by atoms with Crippen molar-refractivity contribution >= 4 is 6.03 Å². The maximum absolute atomic E-state index is 13.5. The number of urea groups is 1. The lowest BCUT2D eigenvalue weighted by atomic mass is 9.92. The highest BCUT2D eigenvalue weighted by Crippen LogP contribution is 2.21. The molecule has 1 saturated heterocycles. The smallest absolute Gasteiger partial charge is 0.317 e. The van der Waals surface area contributed by atoms with E-state index in [1.165, 1.54) is 6.07 Å². The molecule has 1 aromatic rings. The van der Waals surface area contributed by atoms with Crippen molar-refractivity contribution in [3.63, 3.8) is 0 Å². The summed E-state index contributed by atoms with van der Waals surface area (Å²) in [6.45, 7) is 2.41. The van der Waals surface area contributed by atoms with E-state index in [1.54, 1.807) is 24.1 Å². The Bertz CT molecular complexity index is 433. The summed E-state index contributed by atoms with van der Waals surface area (Å²) < 4.78 is 18.3. The fourth-order valence-corrected chi connectivity index (χ4v) is 2.21. The van der Waals surface area contributed by atoms with Crippen LogP contribution < -0.4 is 5.32 Å². The molecule has 0 radical (unpaired) electrons. The molecule has 0 aromatic heterocycles. The Kier molecular flexibility index (Phi) is 4.74. The highest BCUT2D eigenvalue weighted by molar-refractivity contribution is 5.75. The second-order valence-electron chi connectivity index (χ2n) is 4.79. The zero-order valence-corrected chi connectivity index (χ0v) is 11.1. The van der Waals surface area contributed by atoms with Crippen LogP contribution in [-0.2, 0) is 11.2 Å². The Hall–Kier alpha value is -1.62. The van der Waals surface area contributed by atoms with E-state index < -0.39 is 0 Å². The van der Waals surface area contributed by atoms with Crippen LogP contribution in [0.3, 0.4) is 0 Å². The number of carbonyl (C=O) groups is 1. The number of carbonyl (C=O) groups excluding carboxylic acids is 1. The Labute approximate surface area is 112 Å². The molecule has 0 unspecified atom stereocenters. The number of hydrogen-bond acceptors (Lipinski definition) is 2. The molecule has 0 saturated carbocycles. The van der Waals surface area contributed by atoms with Crippen molar-refractivity contribution in [3.05, 3.63) is 35.6 Å². The van der Waals surface area contributed by atoms with Gasteiger partial charge in [-0.05, 0) is 24.0 Å². The summed E-state index contributed by atoms with van der Waals surface area (Å²) in [7, 11) is 1.60. The molecular weight excluding hydrogens is 247 g/mol. The summed E-state index contributed by atoms with van der Waals surface area (Å²) >= 11 is 0. The van der Waals surface area contributed by atoms with E-state index in [-0.39, 0.29) is 11.8 Å². The van der Waals surface area contributed by atoms with Gasteiger partial charge in [0.1, 0.15) is 5.82 Å². The lowest BCUT2D eigenvalue weighted by Crippen LogP contribution is -2.54. The number of rotatable bonds is 5. The van der Waals surface area contributed by atoms with E-state index >= 15 is 0 Å². The van der Waals surface area contributed by atoms with E-state index in [1.807, 2.05) is 6.07 Å². The number of methoxy groups -OCH3 is 1. The highest BCUT2D eigenvalue weighted by atomic mass is 19.1. The molecule has 4 nitrogen and oxygen atoms in total. The first-order valence-corrected chi connectivity index (χ1v) is 6.46. The van der Waals surface area contributed by atoms with Crippen LogP contribution in [0.25, 0.3) is 0 Å². The van der Waals surface area contributed by atoms with Crippen molar-refractivity contribution in [1.29, 1.82) is 0 Å². The predicted molar refractivity (Wildman–Crippen MR) is 70.4 cm³/mol. The molecule has 2 amide bonds. The molecule has 1 N–H and O–H groups in total. The average Bonchev–Trinajstić information content (AvgIpc) is 2.35. The summed E-state index contributed by atoms with van der Waals surface area (Å²) in [4.78, 5) is 13.4. The number of likely N-dealkylation sites (tertiary alicyclic amines) is 1. The Balaban J connectivity index is 1.71. The van der Waals surface area contributed by atoms with Crippen molar-refractivity contribution in [2.75, 3.05) is 33.4 Å². The molecule has 1 fully saturated rings. The van der Waals surface area contributed by atoms with Gasteiger partial charge >= 0.3 is 6.03 Å². The number of ether oxygens (including phenoxy) is 1. The summed E-state index contributed by atoms with van der Waals surface area (Å²) in [5.74, 6) is 0.190. The topological polar surface area (TPSA) is 41.6 Å². The van der Waals surface area contributed by atoms with E-state index in [9.17, 15) is 9.18 Å². The fraction of sp³-hybridized carbons (Fsp3) is 0.500. The monoisotopic (exact) mass is 266 g/mol. The minimum absolute atomic E-state index is 0.0677. The normalized spacial score (nSPS) is 15.2. The van der Waals surface area contributed by atoms with Crippen molar-refractivity contribution in [3.8, 4) is 0 Å². The van der Waals surface area contributed by atoms with E-state index in [0.29, 0.717) is 38.6 Å². The third kappa shape index (κ3) is 3.67. The lowest BCUT2D eigenvalue weighted by molar-refractivity contribution is 0.117.